The van der Waals surface area contributed by atoms with Crippen LogP contribution in [0, 0.1) is 0 Å². The Morgan fingerprint density at radius 1 is 1.33 bits per heavy atom. The van der Waals surface area contributed by atoms with Gasteiger partial charge in [0.05, 0.1) is 11.7 Å². The van der Waals surface area contributed by atoms with E-state index >= 15 is 0 Å². The lowest BCUT2D eigenvalue weighted by molar-refractivity contribution is 0.0546. The number of aliphatic hydroxyl groups excluding tert-OH is 1. The Balaban J connectivity index is 2.03. The van der Waals surface area contributed by atoms with E-state index in [1.54, 1.807) is 4.90 Å². The Labute approximate surface area is 87.8 Å². The van der Waals surface area contributed by atoms with Gasteiger partial charge in [0.15, 0.2) is 0 Å². The second-order valence-electron chi connectivity index (χ2n) is 3.65. The molecule has 0 spiro atoms. The van der Waals surface area contributed by atoms with Crippen LogP contribution in [0.1, 0.15) is 23.2 Å². The van der Waals surface area contributed by atoms with E-state index in [0.29, 0.717) is 31.5 Å². The van der Waals surface area contributed by atoms with Crippen LogP contribution in [-0.4, -0.2) is 45.1 Å². The van der Waals surface area contributed by atoms with E-state index in [0.717, 1.165) is 0 Å². The number of rotatable bonds is 1. The van der Waals surface area contributed by atoms with Crippen LogP contribution in [0.2, 0.25) is 0 Å². The van der Waals surface area contributed by atoms with Gasteiger partial charge in [-0.05, 0) is 12.8 Å². The average Bonchev–Trinajstić information content (AvgIpc) is 2.30. The molecule has 0 radical (unpaired) electrons. The predicted molar refractivity (Wildman–Crippen MR) is 53.2 cm³/mol. The third-order valence-electron chi connectivity index (χ3n) is 2.56. The molecular formula is C10H13N3O2. The molecule has 0 atom stereocenters. The molecule has 2 heterocycles. The minimum atomic E-state index is -0.263. The van der Waals surface area contributed by atoms with Gasteiger partial charge in [-0.15, -0.1) is 0 Å². The summed E-state index contributed by atoms with van der Waals surface area (Å²) in [5.41, 5.74) is 0.508. The van der Waals surface area contributed by atoms with Gasteiger partial charge in [0.1, 0.15) is 6.33 Å². The van der Waals surface area contributed by atoms with Crippen LogP contribution in [-0.2, 0) is 0 Å². The molecule has 5 nitrogen and oxygen atoms in total. The van der Waals surface area contributed by atoms with E-state index in [2.05, 4.69) is 9.97 Å². The molecule has 15 heavy (non-hydrogen) atoms. The highest BCUT2D eigenvalue weighted by molar-refractivity contribution is 5.93. The largest absolute Gasteiger partial charge is 0.393 e. The number of nitrogens with zero attached hydrogens (tertiary/aromatic N) is 3. The summed E-state index contributed by atoms with van der Waals surface area (Å²) in [7, 11) is 0. The van der Waals surface area contributed by atoms with E-state index in [9.17, 15) is 9.90 Å². The van der Waals surface area contributed by atoms with E-state index in [1.807, 2.05) is 0 Å². The summed E-state index contributed by atoms with van der Waals surface area (Å²) in [4.78, 5) is 21.2. The van der Waals surface area contributed by atoms with Crippen molar-refractivity contribution in [2.75, 3.05) is 13.1 Å². The van der Waals surface area contributed by atoms with Crippen molar-refractivity contribution in [3.8, 4) is 0 Å². The van der Waals surface area contributed by atoms with E-state index in [1.165, 1.54) is 18.7 Å². The molecule has 1 N–H and O–H groups in total. The molecule has 0 unspecified atom stereocenters. The Morgan fingerprint density at radius 3 is 2.53 bits per heavy atom. The van der Waals surface area contributed by atoms with Gasteiger partial charge in [-0.25, -0.2) is 9.97 Å². The lowest BCUT2D eigenvalue weighted by Crippen LogP contribution is -2.40. The van der Waals surface area contributed by atoms with Crippen LogP contribution in [0.4, 0.5) is 0 Å². The van der Waals surface area contributed by atoms with Crippen molar-refractivity contribution in [2.24, 2.45) is 0 Å². The molecule has 1 aliphatic heterocycles. The lowest BCUT2D eigenvalue weighted by Gasteiger charge is -2.29. The minimum Gasteiger partial charge on any atom is -0.393 e. The average molecular weight is 207 g/mol. The number of carbonyl (C=O) groups excluding carboxylic acids is 1. The first kappa shape index (κ1) is 10.0. The smallest absolute Gasteiger partial charge is 0.256 e. The molecule has 1 amide bonds. The van der Waals surface area contributed by atoms with Crippen molar-refractivity contribution < 1.29 is 9.90 Å². The Morgan fingerprint density at radius 2 is 1.93 bits per heavy atom. The second-order valence-corrected chi connectivity index (χ2v) is 3.65. The molecular weight excluding hydrogens is 194 g/mol. The fraction of sp³-hybridized carbons (Fsp3) is 0.500. The number of aliphatic hydroxyl groups is 1. The third-order valence-corrected chi connectivity index (χ3v) is 2.56. The molecule has 5 heteroatoms. The van der Waals surface area contributed by atoms with Crippen molar-refractivity contribution in [1.29, 1.82) is 0 Å². The SMILES string of the molecule is O=C(c1cncnc1)N1CCC(O)CC1. The fourth-order valence-corrected chi connectivity index (χ4v) is 1.66. The zero-order valence-corrected chi connectivity index (χ0v) is 8.33. The monoisotopic (exact) mass is 207 g/mol. The number of piperidine rings is 1. The van der Waals surface area contributed by atoms with Crippen LogP contribution in [0.25, 0.3) is 0 Å². The summed E-state index contributed by atoms with van der Waals surface area (Å²) in [5.74, 6) is -0.0532. The second kappa shape index (κ2) is 4.35. The maximum Gasteiger partial charge on any atom is 0.256 e. The Bertz CT molecular complexity index is 334. The summed E-state index contributed by atoms with van der Waals surface area (Å²) in [6, 6.07) is 0. The molecule has 1 fully saturated rings. The van der Waals surface area contributed by atoms with E-state index in [-0.39, 0.29) is 12.0 Å². The lowest BCUT2D eigenvalue weighted by atomic mass is 10.1. The van der Waals surface area contributed by atoms with Crippen LogP contribution >= 0.6 is 0 Å². The van der Waals surface area contributed by atoms with Crippen molar-refractivity contribution in [3.63, 3.8) is 0 Å². The Kier molecular flexibility index (Phi) is 2.91. The maximum atomic E-state index is 11.9. The number of aromatic nitrogens is 2. The molecule has 80 valence electrons. The van der Waals surface area contributed by atoms with Crippen molar-refractivity contribution in [3.05, 3.63) is 24.3 Å². The highest BCUT2D eigenvalue weighted by Crippen LogP contribution is 2.12. The molecule has 0 saturated carbocycles. The maximum absolute atomic E-state index is 11.9. The predicted octanol–water partition coefficient (Wildman–Crippen LogP) is 0.0735. The number of hydrogen-bond acceptors (Lipinski definition) is 4. The first-order valence-electron chi connectivity index (χ1n) is 5.00. The van der Waals surface area contributed by atoms with Crippen molar-refractivity contribution in [2.45, 2.75) is 18.9 Å². The zero-order chi connectivity index (χ0) is 10.7. The van der Waals surface area contributed by atoms with Crippen LogP contribution in [0.15, 0.2) is 18.7 Å². The van der Waals surface area contributed by atoms with Gasteiger partial charge in [-0.3, -0.25) is 4.79 Å². The normalized spacial score (nSPS) is 17.8. The van der Waals surface area contributed by atoms with Gasteiger partial charge in [0.25, 0.3) is 5.91 Å². The molecule has 1 aromatic heterocycles. The summed E-state index contributed by atoms with van der Waals surface area (Å²) < 4.78 is 0. The molecule has 1 aromatic rings. The fourth-order valence-electron chi connectivity index (χ4n) is 1.66. The first-order valence-corrected chi connectivity index (χ1v) is 5.00. The van der Waals surface area contributed by atoms with Crippen molar-refractivity contribution in [1.82, 2.24) is 14.9 Å². The number of likely N-dealkylation sites (tertiary alicyclic amines) is 1. The summed E-state index contributed by atoms with van der Waals surface area (Å²) >= 11 is 0. The van der Waals surface area contributed by atoms with E-state index < -0.39 is 0 Å². The molecule has 0 aromatic carbocycles. The molecule has 1 saturated heterocycles. The number of carbonyl (C=O) groups is 1. The summed E-state index contributed by atoms with van der Waals surface area (Å²) in [6.45, 7) is 1.21. The minimum absolute atomic E-state index is 0.0532. The molecule has 1 aliphatic rings. The van der Waals surface area contributed by atoms with Gasteiger partial charge in [-0.1, -0.05) is 0 Å². The summed E-state index contributed by atoms with van der Waals surface area (Å²) in [6.07, 6.45) is 5.47. The van der Waals surface area contributed by atoms with Gasteiger partial charge in [0, 0.05) is 25.5 Å². The molecule has 2 rings (SSSR count). The van der Waals surface area contributed by atoms with Gasteiger partial charge in [-0.2, -0.15) is 0 Å². The molecule has 0 aliphatic carbocycles. The van der Waals surface area contributed by atoms with Gasteiger partial charge in [0.2, 0.25) is 0 Å². The highest BCUT2D eigenvalue weighted by atomic mass is 16.3. The quantitative estimate of drug-likeness (QED) is 0.708. The van der Waals surface area contributed by atoms with E-state index in [4.69, 9.17) is 0 Å². The first-order chi connectivity index (χ1) is 7.27. The van der Waals surface area contributed by atoms with Crippen LogP contribution in [0.3, 0.4) is 0 Å². The topological polar surface area (TPSA) is 66.3 Å². The van der Waals surface area contributed by atoms with Crippen molar-refractivity contribution >= 4 is 5.91 Å². The van der Waals surface area contributed by atoms with Crippen LogP contribution < -0.4 is 0 Å². The van der Waals surface area contributed by atoms with Gasteiger partial charge < -0.3 is 10.0 Å². The zero-order valence-electron chi connectivity index (χ0n) is 8.33. The Hall–Kier alpha value is -1.49. The number of hydrogen-bond donors (Lipinski definition) is 1. The highest BCUT2D eigenvalue weighted by Gasteiger charge is 2.22. The van der Waals surface area contributed by atoms with Crippen LogP contribution in [0.5, 0.6) is 0 Å². The molecule has 0 bridgehead atoms. The van der Waals surface area contributed by atoms with Gasteiger partial charge >= 0.3 is 0 Å². The number of amides is 1. The third kappa shape index (κ3) is 2.30. The standard InChI is InChI=1S/C10H13N3O2/c14-9-1-3-13(4-2-9)10(15)8-5-11-7-12-6-8/h5-7,9,14H,1-4H2. The summed E-state index contributed by atoms with van der Waals surface area (Å²) in [5, 5.41) is 9.32.